The third-order valence-electron chi connectivity index (χ3n) is 17.8. The van der Waals surface area contributed by atoms with E-state index in [0.717, 1.165) is 71.9 Å². The lowest BCUT2D eigenvalue weighted by atomic mass is 9.83. The van der Waals surface area contributed by atoms with Crippen molar-refractivity contribution >= 4 is 11.9 Å². The number of carboxylic acid groups (broad SMARTS) is 2. The normalized spacial score (nSPS) is 20.5. The summed E-state index contributed by atoms with van der Waals surface area (Å²) in [5, 5.41) is 27.3. The highest BCUT2D eigenvalue weighted by Gasteiger charge is 2.48. The summed E-state index contributed by atoms with van der Waals surface area (Å²) in [5.41, 5.74) is 6.07. The zero-order valence-electron chi connectivity index (χ0n) is 47.5. The number of carbonyl (C=O) groups excluding carboxylic acids is 2. The summed E-state index contributed by atoms with van der Waals surface area (Å²) in [5.74, 6) is 2.01. The number of likely N-dealkylation sites (N-methyl/N-ethyl adjacent to an activating group) is 2. The zero-order valence-corrected chi connectivity index (χ0v) is 47.5. The van der Waals surface area contributed by atoms with Crippen LogP contribution in [0.2, 0.25) is 0 Å². The highest BCUT2D eigenvalue weighted by Crippen LogP contribution is 2.51. The van der Waals surface area contributed by atoms with Crippen LogP contribution in [0, 0.1) is 0 Å². The highest BCUT2D eigenvalue weighted by molar-refractivity contribution is 5.70. The molecular formula is C65H92N2O9. The Labute approximate surface area is 456 Å². The van der Waals surface area contributed by atoms with Crippen molar-refractivity contribution < 1.29 is 52.5 Å². The smallest absolute Gasteiger partial charge is 0.169 e. The molecule has 11 heteroatoms. The van der Waals surface area contributed by atoms with E-state index in [1.54, 1.807) is 21.3 Å². The summed E-state index contributed by atoms with van der Waals surface area (Å²) < 4.78 is 32.6. The molecule has 6 unspecified atom stereocenters. The van der Waals surface area contributed by atoms with E-state index in [2.05, 4.69) is 58.3 Å². The Bertz CT molecular complexity index is 2490. The van der Waals surface area contributed by atoms with Gasteiger partial charge >= 0.3 is 0 Å². The Kier molecular flexibility index (Phi) is 21.8. The molecule has 0 aliphatic carbocycles. The minimum absolute atomic E-state index is 0.224. The van der Waals surface area contributed by atoms with Gasteiger partial charge in [-0.05, 0) is 77.6 Å². The van der Waals surface area contributed by atoms with E-state index in [4.69, 9.17) is 23.7 Å². The molecule has 11 nitrogen and oxygen atoms in total. The van der Waals surface area contributed by atoms with E-state index in [1.165, 1.54) is 89.9 Å². The summed E-state index contributed by atoms with van der Waals surface area (Å²) in [6.07, 6.45) is 26.7. The molecule has 0 saturated heterocycles. The van der Waals surface area contributed by atoms with Gasteiger partial charge in [0.25, 0.3) is 0 Å². The van der Waals surface area contributed by atoms with Crippen LogP contribution in [-0.2, 0) is 35.3 Å². The van der Waals surface area contributed by atoms with Crippen molar-refractivity contribution in [2.75, 3.05) is 48.5 Å². The number of aliphatic carboxylic acids is 2. The summed E-state index contributed by atoms with van der Waals surface area (Å²) in [6.45, 7) is 5.69. The molecule has 4 aromatic rings. The van der Waals surface area contributed by atoms with E-state index in [9.17, 15) is 19.8 Å². The van der Waals surface area contributed by atoms with Gasteiger partial charge in [-0.15, -0.1) is 0 Å². The van der Waals surface area contributed by atoms with Crippen LogP contribution < -0.4 is 33.9 Å². The molecule has 76 heavy (non-hydrogen) atoms. The van der Waals surface area contributed by atoms with Gasteiger partial charge < -0.3 is 52.5 Å². The maximum atomic E-state index is 13.7. The number of carboxylic acids is 2. The molecule has 4 aromatic carbocycles. The first-order chi connectivity index (χ1) is 36.9. The second-order valence-electron chi connectivity index (χ2n) is 22.9. The largest absolute Gasteiger partial charge is 0.544 e. The maximum absolute atomic E-state index is 13.7. The molecule has 8 rings (SSSR count). The van der Waals surface area contributed by atoms with E-state index in [-0.39, 0.29) is 21.0 Å². The van der Waals surface area contributed by atoms with Crippen LogP contribution in [0.3, 0.4) is 0 Å². The maximum Gasteiger partial charge on any atom is 0.169 e. The molecule has 0 N–H and O–H groups in total. The molecule has 6 atom stereocenters. The molecule has 0 saturated carbocycles. The lowest BCUT2D eigenvalue weighted by Crippen LogP contribution is -2.63. The van der Waals surface area contributed by atoms with Crippen molar-refractivity contribution in [2.24, 2.45) is 0 Å². The number of nitrogens with zero attached hydrogens (tertiary/aromatic N) is 2. The van der Waals surface area contributed by atoms with Crippen LogP contribution in [0.4, 0.5) is 0 Å². The summed E-state index contributed by atoms with van der Waals surface area (Å²) in [7, 11) is 9.16. The van der Waals surface area contributed by atoms with Crippen LogP contribution in [0.15, 0.2) is 66.7 Å². The number of rotatable bonds is 29. The Morgan fingerprint density at radius 3 is 1.54 bits per heavy atom. The molecule has 0 aromatic heterocycles. The molecule has 416 valence electrons. The first-order valence-electron chi connectivity index (χ1n) is 29.5. The second-order valence-corrected chi connectivity index (χ2v) is 22.9. The zero-order chi connectivity index (χ0) is 54.1. The predicted molar refractivity (Wildman–Crippen MR) is 298 cm³/mol. The number of unbranched alkanes of at least 4 members (excludes halogenated alkanes) is 18. The minimum Gasteiger partial charge on any atom is -0.544 e. The molecular weight excluding hydrogens is 953 g/mol. The molecule has 6 bridgehead atoms. The van der Waals surface area contributed by atoms with Crippen LogP contribution in [0.1, 0.15) is 201 Å². The quantitative estimate of drug-likeness (QED) is 0.0386. The van der Waals surface area contributed by atoms with Gasteiger partial charge in [0.15, 0.2) is 23.0 Å². The monoisotopic (exact) mass is 1040 g/mol. The average Bonchev–Trinajstić information content (AvgIpc) is 3.44. The lowest BCUT2D eigenvalue weighted by molar-refractivity contribution is -0.958. The Hall–Kier alpha value is -5.26. The van der Waals surface area contributed by atoms with Crippen molar-refractivity contribution in [3.63, 3.8) is 0 Å². The van der Waals surface area contributed by atoms with Gasteiger partial charge in [-0.25, -0.2) is 0 Å². The number of hydrogen-bond donors (Lipinski definition) is 0. The van der Waals surface area contributed by atoms with Gasteiger partial charge in [-0.3, -0.25) is 0 Å². The van der Waals surface area contributed by atoms with Crippen LogP contribution in [0.25, 0.3) is 0 Å². The molecule has 0 spiro atoms. The van der Waals surface area contributed by atoms with E-state index < -0.39 is 24.0 Å². The number of carbonyl (C=O) groups is 2. The molecule has 4 aliphatic rings. The number of benzene rings is 4. The fourth-order valence-electron chi connectivity index (χ4n) is 13.1. The standard InChI is InChI=1S/C65H92N2O9/c1-8-10-12-14-16-18-20-22-24-26-28-54(64(68)69)66(3)38-36-49-44-59(74-7)61-46-53(49)56(66)40-47-30-33-51(34-31-47)75-60-42-48(32-35-58(60)73-6)41-57-63-50(43-52(72-5)45-62(63)76-61)37-39-67(57,4)55(65(70)71)29-27-25-23-21-19-17-15-13-11-9-2/h30-35,42-46,54-57H,8-29,36-41H2,1-7H3. The number of hydrogen-bond acceptors (Lipinski definition) is 9. The fraction of sp³-hybridized carbons (Fsp3) is 0.600. The third-order valence-corrected chi connectivity index (χ3v) is 17.8. The molecule has 0 fully saturated rings. The van der Waals surface area contributed by atoms with Gasteiger partial charge in [0, 0.05) is 50.2 Å². The van der Waals surface area contributed by atoms with Gasteiger partial charge in [0.2, 0.25) is 0 Å². The Morgan fingerprint density at radius 1 is 0.526 bits per heavy atom. The van der Waals surface area contributed by atoms with Crippen LogP contribution >= 0.6 is 0 Å². The summed E-state index contributed by atoms with van der Waals surface area (Å²) in [6, 6.07) is 20.1. The molecule has 0 radical (unpaired) electrons. The van der Waals surface area contributed by atoms with Gasteiger partial charge in [-0.2, -0.15) is 0 Å². The number of quaternary nitrogens is 2. The highest BCUT2D eigenvalue weighted by atomic mass is 16.5. The average molecular weight is 1050 g/mol. The number of ether oxygens (including phenoxy) is 5. The van der Waals surface area contributed by atoms with Crippen molar-refractivity contribution in [1.82, 2.24) is 0 Å². The fourth-order valence-corrected chi connectivity index (χ4v) is 13.1. The minimum atomic E-state index is -1.04. The molecule has 0 amide bonds. The first-order valence-corrected chi connectivity index (χ1v) is 29.5. The number of methoxy groups -OCH3 is 3. The number of fused-ring (bicyclic) bond motifs is 2. The topological polar surface area (TPSA) is 126 Å². The SMILES string of the molecule is CCCCCCCCCCCCC(C(=O)[O-])[N+]1(C)CCc2cc(OC)c3cc2C1Cc1ccc(cc1)Oc1cc(ccc1OC)CC1c2c(cc(OC)cc2O3)CC[N+]1(C)C(CCCCCCCCCCCC)C(=O)[O-]. The van der Waals surface area contributed by atoms with Crippen molar-refractivity contribution in [1.29, 1.82) is 0 Å². The van der Waals surface area contributed by atoms with Gasteiger partial charge in [-0.1, -0.05) is 148 Å². The van der Waals surface area contributed by atoms with Crippen molar-refractivity contribution in [3.05, 3.63) is 100 Å². The third kappa shape index (κ3) is 14.5. The van der Waals surface area contributed by atoms with Crippen LogP contribution in [-0.4, -0.2) is 81.5 Å². The lowest BCUT2D eigenvalue weighted by Gasteiger charge is -2.51. The van der Waals surface area contributed by atoms with E-state index >= 15 is 0 Å². The first kappa shape index (κ1) is 58.4. The van der Waals surface area contributed by atoms with Crippen molar-refractivity contribution in [3.8, 4) is 40.2 Å². The Balaban J connectivity index is 1.29. The Morgan fingerprint density at radius 2 is 1.01 bits per heavy atom. The molecule has 4 heterocycles. The van der Waals surface area contributed by atoms with E-state index in [0.29, 0.717) is 91.9 Å². The van der Waals surface area contributed by atoms with Gasteiger partial charge in [0.05, 0.1) is 66.0 Å². The summed E-state index contributed by atoms with van der Waals surface area (Å²) in [4.78, 5) is 27.3. The predicted octanol–water partition coefficient (Wildman–Crippen LogP) is 13.0. The van der Waals surface area contributed by atoms with Crippen LogP contribution in [0.5, 0.6) is 40.2 Å². The van der Waals surface area contributed by atoms with Crippen molar-refractivity contribution in [2.45, 2.75) is 205 Å². The second kappa shape index (κ2) is 28.4. The summed E-state index contributed by atoms with van der Waals surface area (Å²) >= 11 is 0. The van der Waals surface area contributed by atoms with Gasteiger partial charge in [0.1, 0.15) is 41.4 Å². The molecule has 4 aliphatic heterocycles. The van der Waals surface area contributed by atoms with E-state index in [1.807, 2.05) is 36.4 Å².